The molecule has 0 aromatic heterocycles. The van der Waals surface area contributed by atoms with Gasteiger partial charge in [-0.1, -0.05) is 18.9 Å². The van der Waals surface area contributed by atoms with Gasteiger partial charge in [0.25, 0.3) is 0 Å². The zero-order chi connectivity index (χ0) is 12.3. The molecular weight excluding hydrogens is 248 g/mol. The summed E-state index contributed by atoms with van der Waals surface area (Å²) in [5, 5.41) is 8.46. The lowest BCUT2D eigenvalue weighted by Gasteiger charge is -2.15. The molecule has 0 spiro atoms. The Bertz CT molecular complexity index is 412. The maximum absolute atomic E-state index is 7.75. The van der Waals surface area contributed by atoms with Crippen LogP contribution < -0.4 is 5.73 Å². The van der Waals surface area contributed by atoms with E-state index in [1.165, 1.54) is 30.6 Å². The molecular formula is C13H18N2S2. The summed E-state index contributed by atoms with van der Waals surface area (Å²) in [4.78, 5) is 2.29. The minimum Gasteiger partial charge on any atom is -0.384 e. The van der Waals surface area contributed by atoms with Gasteiger partial charge in [-0.2, -0.15) is 0 Å². The summed E-state index contributed by atoms with van der Waals surface area (Å²) in [5.74, 6) is 0.190. The molecule has 1 saturated carbocycles. The third-order valence-corrected chi connectivity index (χ3v) is 5.25. The third kappa shape index (κ3) is 2.99. The highest BCUT2D eigenvalue weighted by Crippen LogP contribution is 2.38. The zero-order valence-electron chi connectivity index (χ0n) is 10.0. The van der Waals surface area contributed by atoms with Gasteiger partial charge in [-0.25, -0.2) is 0 Å². The molecule has 0 bridgehead atoms. The lowest BCUT2D eigenvalue weighted by molar-refractivity contribution is 0.886. The van der Waals surface area contributed by atoms with E-state index in [9.17, 15) is 0 Å². The number of hydrogen-bond acceptors (Lipinski definition) is 3. The lowest BCUT2D eigenvalue weighted by Crippen LogP contribution is -2.14. The quantitative estimate of drug-likeness (QED) is 0.496. The largest absolute Gasteiger partial charge is 0.384 e. The maximum atomic E-state index is 7.75. The van der Waals surface area contributed by atoms with Crippen LogP contribution in [-0.2, 0) is 0 Å². The molecule has 4 heteroatoms. The average molecular weight is 266 g/mol. The van der Waals surface area contributed by atoms with E-state index in [0.717, 1.165) is 10.5 Å². The van der Waals surface area contributed by atoms with Gasteiger partial charge in [-0.05, 0) is 31.2 Å². The van der Waals surface area contributed by atoms with E-state index >= 15 is 0 Å². The molecule has 1 fully saturated rings. The summed E-state index contributed by atoms with van der Waals surface area (Å²) < 4.78 is 0. The second-order valence-electron chi connectivity index (χ2n) is 4.27. The minimum atomic E-state index is 0.190. The van der Waals surface area contributed by atoms with Crippen molar-refractivity contribution in [3.8, 4) is 0 Å². The molecule has 92 valence electrons. The van der Waals surface area contributed by atoms with Crippen molar-refractivity contribution in [1.29, 1.82) is 5.41 Å². The van der Waals surface area contributed by atoms with E-state index in [1.54, 1.807) is 11.8 Å². The van der Waals surface area contributed by atoms with Gasteiger partial charge in [-0.15, -0.1) is 23.5 Å². The molecule has 1 aliphatic carbocycles. The lowest BCUT2D eigenvalue weighted by atomic mass is 10.2. The molecule has 1 aromatic carbocycles. The Morgan fingerprint density at radius 1 is 1.29 bits per heavy atom. The van der Waals surface area contributed by atoms with Crippen LogP contribution in [-0.4, -0.2) is 17.3 Å². The Kier molecular flexibility index (Phi) is 4.40. The van der Waals surface area contributed by atoms with Crippen molar-refractivity contribution in [3.05, 3.63) is 23.8 Å². The fourth-order valence-corrected chi connectivity index (χ4v) is 4.36. The van der Waals surface area contributed by atoms with E-state index in [-0.39, 0.29) is 5.84 Å². The smallest absolute Gasteiger partial charge is 0.125 e. The van der Waals surface area contributed by atoms with Crippen LogP contribution in [0.3, 0.4) is 0 Å². The van der Waals surface area contributed by atoms with Crippen LogP contribution in [0.1, 0.15) is 31.2 Å². The highest BCUT2D eigenvalue weighted by atomic mass is 32.2. The van der Waals surface area contributed by atoms with E-state index < -0.39 is 0 Å². The van der Waals surface area contributed by atoms with E-state index in [2.05, 4.69) is 12.1 Å². The van der Waals surface area contributed by atoms with Gasteiger partial charge in [0.2, 0.25) is 0 Å². The van der Waals surface area contributed by atoms with Crippen molar-refractivity contribution in [3.63, 3.8) is 0 Å². The van der Waals surface area contributed by atoms with Gasteiger partial charge >= 0.3 is 0 Å². The van der Waals surface area contributed by atoms with Crippen molar-refractivity contribution < 1.29 is 0 Å². The summed E-state index contributed by atoms with van der Waals surface area (Å²) in [6.07, 6.45) is 7.31. The first-order valence-electron chi connectivity index (χ1n) is 5.90. The van der Waals surface area contributed by atoms with Crippen LogP contribution in [0.4, 0.5) is 0 Å². The number of nitrogens with one attached hydrogen (secondary N) is 1. The van der Waals surface area contributed by atoms with Gasteiger partial charge < -0.3 is 5.73 Å². The van der Waals surface area contributed by atoms with Crippen LogP contribution in [0.15, 0.2) is 28.0 Å². The van der Waals surface area contributed by atoms with Crippen molar-refractivity contribution in [1.82, 2.24) is 0 Å². The summed E-state index contributed by atoms with van der Waals surface area (Å²) >= 11 is 3.56. The molecule has 2 nitrogen and oxygen atoms in total. The number of benzene rings is 1. The fourth-order valence-electron chi connectivity index (χ4n) is 2.23. The SMILES string of the molecule is CSc1cccc(SC2CCCC2)c1C(=N)N. The van der Waals surface area contributed by atoms with Gasteiger partial charge in [-0.3, -0.25) is 5.41 Å². The van der Waals surface area contributed by atoms with E-state index in [1.807, 2.05) is 24.1 Å². The van der Waals surface area contributed by atoms with Crippen LogP contribution in [0, 0.1) is 5.41 Å². The predicted molar refractivity (Wildman–Crippen MR) is 77.4 cm³/mol. The standard InChI is InChI=1S/C13H18N2S2/c1-16-10-7-4-8-11(12(10)13(14)15)17-9-5-2-3-6-9/h4,7-9H,2-3,5-6H2,1H3,(H3,14,15). The molecule has 0 atom stereocenters. The Morgan fingerprint density at radius 3 is 2.53 bits per heavy atom. The highest BCUT2D eigenvalue weighted by molar-refractivity contribution is 8.00. The Labute approximate surface area is 111 Å². The summed E-state index contributed by atoms with van der Waals surface area (Å²) in [6.45, 7) is 0. The first-order chi connectivity index (χ1) is 8.22. The highest BCUT2D eigenvalue weighted by Gasteiger charge is 2.19. The molecule has 0 amide bonds. The molecule has 0 heterocycles. The monoisotopic (exact) mass is 266 g/mol. The van der Waals surface area contributed by atoms with Crippen LogP contribution in [0.25, 0.3) is 0 Å². The van der Waals surface area contributed by atoms with Gasteiger partial charge in [0.05, 0.1) is 0 Å². The van der Waals surface area contributed by atoms with Crippen molar-refractivity contribution >= 4 is 29.4 Å². The molecule has 0 aliphatic heterocycles. The maximum Gasteiger partial charge on any atom is 0.125 e. The topological polar surface area (TPSA) is 49.9 Å². The molecule has 2 rings (SSSR count). The number of rotatable bonds is 4. The molecule has 0 saturated heterocycles. The van der Waals surface area contributed by atoms with Crippen LogP contribution in [0.2, 0.25) is 0 Å². The normalized spacial score (nSPS) is 16.3. The Hall–Kier alpha value is -0.610. The van der Waals surface area contributed by atoms with Crippen LogP contribution in [0.5, 0.6) is 0 Å². The van der Waals surface area contributed by atoms with Crippen molar-refractivity contribution in [2.24, 2.45) is 5.73 Å². The number of nitrogens with two attached hydrogens (primary N) is 1. The molecule has 1 aliphatic rings. The van der Waals surface area contributed by atoms with Crippen molar-refractivity contribution in [2.75, 3.05) is 6.26 Å². The number of hydrogen-bond donors (Lipinski definition) is 2. The minimum absolute atomic E-state index is 0.190. The first-order valence-corrected chi connectivity index (χ1v) is 8.01. The number of nitrogen functional groups attached to an aromatic ring is 1. The summed E-state index contributed by atoms with van der Waals surface area (Å²) in [5.41, 5.74) is 6.65. The van der Waals surface area contributed by atoms with E-state index in [0.29, 0.717) is 5.25 Å². The Morgan fingerprint density at radius 2 is 1.94 bits per heavy atom. The molecule has 1 aromatic rings. The molecule has 0 unspecified atom stereocenters. The average Bonchev–Trinajstić information content (AvgIpc) is 2.81. The second-order valence-corrected chi connectivity index (χ2v) is 6.46. The van der Waals surface area contributed by atoms with Crippen molar-refractivity contribution in [2.45, 2.75) is 40.7 Å². The first kappa shape index (κ1) is 12.8. The molecule has 0 radical (unpaired) electrons. The third-order valence-electron chi connectivity index (χ3n) is 3.07. The van der Waals surface area contributed by atoms with Crippen LogP contribution >= 0.6 is 23.5 Å². The second kappa shape index (κ2) is 5.83. The molecule has 17 heavy (non-hydrogen) atoms. The summed E-state index contributed by atoms with van der Waals surface area (Å²) in [7, 11) is 0. The number of thioether (sulfide) groups is 2. The van der Waals surface area contributed by atoms with E-state index in [4.69, 9.17) is 11.1 Å². The predicted octanol–water partition coefficient (Wildman–Crippen LogP) is 3.73. The van der Waals surface area contributed by atoms with Gasteiger partial charge in [0.15, 0.2) is 0 Å². The number of amidine groups is 1. The molecule has 3 N–H and O–H groups in total. The fraction of sp³-hybridized carbons (Fsp3) is 0.462. The summed E-state index contributed by atoms with van der Waals surface area (Å²) in [6, 6.07) is 6.20. The van der Waals surface area contributed by atoms with Gasteiger partial charge in [0, 0.05) is 20.6 Å². The van der Waals surface area contributed by atoms with Gasteiger partial charge in [0.1, 0.15) is 5.84 Å². The Balaban J connectivity index is 2.28. The zero-order valence-corrected chi connectivity index (χ0v) is 11.7.